The van der Waals surface area contributed by atoms with Crippen LogP contribution in [0.25, 0.3) is 0 Å². The van der Waals surface area contributed by atoms with Crippen LogP contribution in [0.15, 0.2) is 11.3 Å². The van der Waals surface area contributed by atoms with Crippen LogP contribution in [0.4, 0.5) is 0 Å². The first-order valence-corrected chi connectivity index (χ1v) is 9.75. The van der Waals surface area contributed by atoms with E-state index in [4.69, 9.17) is 4.99 Å². The van der Waals surface area contributed by atoms with Gasteiger partial charge >= 0.3 is 0 Å². The van der Waals surface area contributed by atoms with Crippen molar-refractivity contribution in [1.29, 1.82) is 0 Å². The molecule has 0 aliphatic heterocycles. The summed E-state index contributed by atoms with van der Waals surface area (Å²) in [5, 5.41) is 15.3. The van der Waals surface area contributed by atoms with Gasteiger partial charge in [0.1, 0.15) is 12.2 Å². The molecule has 1 heterocycles. The molecule has 0 amide bonds. The number of aromatic nitrogens is 3. The molecule has 25 heavy (non-hydrogen) atoms. The van der Waals surface area contributed by atoms with Crippen LogP contribution in [0, 0.1) is 0 Å². The minimum absolute atomic E-state index is 0. The molecule has 144 valence electrons. The Kier molecular flexibility index (Phi) is 11.9. The number of rotatable bonds is 9. The van der Waals surface area contributed by atoms with Gasteiger partial charge in [-0.2, -0.15) is 0 Å². The van der Waals surface area contributed by atoms with Gasteiger partial charge in [0.15, 0.2) is 5.96 Å². The molecule has 0 atom stereocenters. The second-order valence-corrected chi connectivity index (χ2v) is 6.64. The van der Waals surface area contributed by atoms with Gasteiger partial charge in [0.25, 0.3) is 0 Å². The van der Waals surface area contributed by atoms with Crippen molar-refractivity contribution in [2.75, 3.05) is 13.1 Å². The fourth-order valence-electron chi connectivity index (χ4n) is 3.18. The average Bonchev–Trinajstić information content (AvgIpc) is 3.07. The Morgan fingerprint density at radius 1 is 1.24 bits per heavy atom. The summed E-state index contributed by atoms with van der Waals surface area (Å²) in [6.07, 6.45) is 13.0. The number of nitrogens with zero attached hydrogens (tertiary/aromatic N) is 4. The molecule has 1 fully saturated rings. The fraction of sp³-hybridized carbons (Fsp3) is 0.833. The highest BCUT2D eigenvalue weighted by molar-refractivity contribution is 14.0. The molecule has 0 aromatic carbocycles. The molecule has 0 radical (unpaired) electrons. The number of unbranched alkanes of at least 4 members (excludes halogenated alkanes) is 2. The third-order valence-corrected chi connectivity index (χ3v) is 4.63. The van der Waals surface area contributed by atoms with Crippen LogP contribution < -0.4 is 10.6 Å². The molecule has 0 unspecified atom stereocenters. The van der Waals surface area contributed by atoms with Crippen molar-refractivity contribution in [2.24, 2.45) is 4.99 Å². The Bertz CT molecular complexity index is 482. The zero-order chi connectivity index (χ0) is 17.0. The highest BCUT2D eigenvalue weighted by atomic mass is 127. The number of hydrogen-bond donors (Lipinski definition) is 2. The third kappa shape index (κ3) is 8.37. The van der Waals surface area contributed by atoms with Crippen molar-refractivity contribution in [3.05, 3.63) is 12.2 Å². The first-order valence-electron chi connectivity index (χ1n) is 9.75. The van der Waals surface area contributed by atoms with Gasteiger partial charge < -0.3 is 15.2 Å². The lowest BCUT2D eigenvalue weighted by Gasteiger charge is -2.25. The number of hydrogen-bond acceptors (Lipinski definition) is 3. The Morgan fingerprint density at radius 3 is 2.76 bits per heavy atom. The second kappa shape index (κ2) is 13.4. The molecular formula is C18H35IN6. The van der Waals surface area contributed by atoms with Crippen molar-refractivity contribution in [3.63, 3.8) is 0 Å². The highest BCUT2D eigenvalue weighted by Gasteiger charge is 2.14. The van der Waals surface area contributed by atoms with Crippen molar-refractivity contribution in [2.45, 2.75) is 84.2 Å². The second-order valence-electron chi connectivity index (χ2n) is 6.64. The summed E-state index contributed by atoms with van der Waals surface area (Å²) in [6.45, 7) is 6.96. The maximum atomic E-state index is 4.77. The van der Waals surface area contributed by atoms with E-state index >= 15 is 0 Å². The standard InChI is InChI=1S/C18H34N6.HI/c1-3-5-9-12-19-18(22-16-10-7-6-8-11-16)20-13-14-24-15-21-23-17(24)4-2;/h15-16H,3-14H2,1-2H3,(H2,19,20,22);1H. The zero-order valence-electron chi connectivity index (χ0n) is 15.8. The van der Waals surface area contributed by atoms with E-state index in [0.29, 0.717) is 6.04 Å². The average molecular weight is 462 g/mol. The molecule has 1 aromatic heterocycles. The van der Waals surface area contributed by atoms with Crippen molar-refractivity contribution >= 4 is 29.9 Å². The van der Waals surface area contributed by atoms with Crippen molar-refractivity contribution in [3.8, 4) is 0 Å². The molecule has 0 spiro atoms. The molecule has 1 aliphatic carbocycles. The summed E-state index contributed by atoms with van der Waals surface area (Å²) in [7, 11) is 0. The Morgan fingerprint density at radius 2 is 2.04 bits per heavy atom. The Balaban J connectivity index is 0.00000312. The summed E-state index contributed by atoms with van der Waals surface area (Å²) < 4.78 is 2.11. The summed E-state index contributed by atoms with van der Waals surface area (Å²) in [6, 6.07) is 0.581. The van der Waals surface area contributed by atoms with Crippen molar-refractivity contribution in [1.82, 2.24) is 25.4 Å². The topological polar surface area (TPSA) is 67.1 Å². The number of nitrogens with one attached hydrogen (secondary N) is 2. The van der Waals surface area contributed by atoms with Gasteiger partial charge in [-0.25, -0.2) is 0 Å². The summed E-state index contributed by atoms with van der Waals surface area (Å²) >= 11 is 0. The van der Waals surface area contributed by atoms with Crippen LogP contribution in [-0.2, 0) is 13.0 Å². The first-order chi connectivity index (χ1) is 11.8. The Labute approximate surface area is 169 Å². The predicted molar refractivity (Wildman–Crippen MR) is 115 cm³/mol. The van der Waals surface area contributed by atoms with E-state index in [0.717, 1.165) is 37.8 Å². The van der Waals surface area contributed by atoms with Crippen molar-refractivity contribution < 1.29 is 0 Å². The van der Waals surface area contributed by atoms with E-state index < -0.39 is 0 Å². The summed E-state index contributed by atoms with van der Waals surface area (Å²) in [4.78, 5) is 4.77. The smallest absolute Gasteiger partial charge is 0.191 e. The quantitative estimate of drug-likeness (QED) is 0.255. The number of aliphatic imine (C=N–C) groups is 1. The van der Waals surface area contributed by atoms with E-state index in [9.17, 15) is 0 Å². The predicted octanol–water partition coefficient (Wildman–Crippen LogP) is 3.52. The van der Waals surface area contributed by atoms with E-state index in [1.165, 1.54) is 51.4 Å². The molecule has 7 heteroatoms. The van der Waals surface area contributed by atoms with Crippen LogP contribution in [0.5, 0.6) is 0 Å². The SMILES string of the molecule is CCCCCN=C(NCCn1cnnc1CC)NC1CCCCC1.I. The highest BCUT2D eigenvalue weighted by Crippen LogP contribution is 2.17. The van der Waals surface area contributed by atoms with Gasteiger partial charge in [-0.15, -0.1) is 34.2 Å². The minimum Gasteiger partial charge on any atom is -0.355 e. The largest absolute Gasteiger partial charge is 0.355 e. The van der Waals surface area contributed by atoms with Gasteiger partial charge in [0, 0.05) is 32.1 Å². The summed E-state index contributed by atoms with van der Waals surface area (Å²) in [5.74, 6) is 2.02. The van der Waals surface area contributed by atoms with Crippen LogP contribution >= 0.6 is 24.0 Å². The molecule has 6 nitrogen and oxygen atoms in total. The van der Waals surface area contributed by atoms with E-state index in [-0.39, 0.29) is 24.0 Å². The van der Waals surface area contributed by atoms with Gasteiger partial charge in [-0.3, -0.25) is 4.99 Å². The number of aryl methyl sites for hydroxylation is 1. The zero-order valence-corrected chi connectivity index (χ0v) is 18.2. The monoisotopic (exact) mass is 462 g/mol. The molecule has 2 rings (SSSR count). The van der Waals surface area contributed by atoms with E-state index in [1.54, 1.807) is 0 Å². The van der Waals surface area contributed by atoms with E-state index in [2.05, 4.69) is 39.2 Å². The molecule has 1 saturated carbocycles. The number of halogens is 1. The maximum absolute atomic E-state index is 4.77. The fourth-order valence-corrected chi connectivity index (χ4v) is 3.18. The molecule has 0 bridgehead atoms. The van der Waals surface area contributed by atoms with Gasteiger partial charge in [-0.05, 0) is 19.3 Å². The third-order valence-electron chi connectivity index (χ3n) is 4.63. The van der Waals surface area contributed by atoms with Crippen LogP contribution in [0.1, 0.15) is 71.0 Å². The lowest BCUT2D eigenvalue weighted by Crippen LogP contribution is -2.45. The number of guanidine groups is 1. The van der Waals surface area contributed by atoms with Gasteiger partial charge in [0.05, 0.1) is 0 Å². The van der Waals surface area contributed by atoms with Crippen LogP contribution in [0.2, 0.25) is 0 Å². The first kappa shape index (κ1) is 22.2. The van der Waals surface area contributed by atoms with Crippen LogP contribution in [0.3, 0.4) is 0 Å². The lowest BCUT2D eigenvalue weighted by molar-refractivity contribution is 0.409. The molecule has 1 aliphatic rings. The lowest BCUT2D eigenvalue weighted by atomic mass is 9.96. The molecule has 1 aromatic rings. The molecular weight excluding hydrogens is 427 g/mol. The molecule has 0 saturated heterocycles. The van der Waals surface area contributed by atoms with Gasteiger partial charge in [0.2, 0.25) is 0 Å². The summed E-state index contributed by atoms with van der Waals surface area (Å²) in [5.41, 5.74) is 0. The minimum atomic E-state index is 0. The Hall–Kier alpha value is -0.860. The maximum Gasteiger partial charge on any atom is 0.191 e. The molecule has 2 N–H and O–H groups in total. The van der Waals surface area contributed by atoms with Gasteiger partial charge in [-0.1, -0.05) is 46.0 Å². The van der Waals surface area contributed by atoms with Crippen LogP contribution in [-0.4, -0.2) is 39.9 Å². The van der Waals surface area contributed by atoms with E-state index in [1.807, 2.05) is 6.33 Å². The normalized spacial score (nSPS) is 15.7.